The first-order valence-electron chi connectivity index (χ1n) is 6.71. The SMILES string of the molecule is Nc1ncnc2c1ncn2[C@@H]1C[C@@H](CO)N(CP(=O)(O)O)C1. The van der Waals surface area contributed by atoms with Gasteiger partial charge >= 0.3 is 7.60 Å². The Kier molecular flexibility index (Phi) is 3.87. The van der Waals surface area contributed by atoms with Crippen LogP contribution in [0.15, 0.2) is 12.7 Å². The first-order chi connectivity index (χ1) is 10.4. The molecule has 11 heteroatoms. The summed E-state index contributed by atoms with van der Waals surface area (Å²) in [5.74, 6) is 0.285. The molecule has 1 aliphatic rings. The number of aromatic nitrogens is 4. The van der Waals surface area contributed by atoms with Crippen LogP contribution >= 0.6 is 7.60 Å². The number of nitrogens with two attached hydrogens (primary N) is 1. The van der Waals surface area contributed by atoms with Gasteiger partial charge in [-0.15, -0.1) is 0 Å². The van der Waals surface area contributed by atoms with Crippen molar-refractivity contribution < 1.29 is 19.5 Å². The van der Waals surface area contributed by atoms with Crippen molar-refractivity contribution >= 4 is 24.6 Å². The van der Waals surface area contributed by atoms with E-state index in [0.29, 0.717) is 24.1 Å². The molecule has 1 aliphatic heterocycles. The van der Waals surface area contributed by atoms with Crippen molar-refractivity contribution in [2.75, 3.05) is 25.2 Å². The minimum Gasteiger partial charge on any atom is -0.395 e. The van der Waals surface area contributed by atoms with E-state index in [1.807, 2.05) is 4.57 Å². The van der Waals surface area contributed by atoms with Crippen LogP contribution in [-0.2, 0) is 4.57 Å². The van der Waals surface area contributed by atoms with Crippen molar-refractivity contribution in [3.63, 3.8) is 0 Å². The Labute approximate surface area is 125 Å². The Hall–Kier alpha value is -1.58. The third kappa shape index (κ3) is 2.83. The zero-order valence-electron chi connectivity index (χ0n) is 11.6. The highest BCUT2D eigenvalue weighted by atomic mass is 31.2. The average Bonchev–Trinajstić information content (AvgIpc) is 3.01. The summed E-state index contributed by atoms with van der Waals surface area (Å²) in [4.78, 5) is 32.1. The Morgan fingerprint density at radius 1 is 1.36 bits per heavy atom. The molecule has 0 unspecified atom stereocenters. The van der Waals surface area contributed by atoms with E-state index in [-0.39, 0.29) is 30.8 Å². The number of imidazole rings is 1. The van der Waals surface area contributed by atoms with Crippen molar-refractivity contribution in [3.05, 3.63) is 12.7 Å². The van der Waals surface area contributed by atoms with E-state index in [1.165, 1.54) is 6.33 Å². The lowest BCUT2D eigenvalue weighted by Crippen LogP contribution is -2.33. The molecule has 0 saturated carbocycles. The second-order valence-corrected chi connectivity index (χ2v) is 7.00. The number of nitrogen functional groups attached to an aromatic ring is 1. The van der Waals surface area contributed by atoms with Gasteiger partial charge in [0.25, 0.3) is 0 Å². The zero-order valence-corrected chi connectivity index (χ0v) is 12.5. The number of rotatable bonds is 4. The van der Waals surface area contributed by atoms with Crippen molar-refractivity contribution in [2.45, 2.75) is 18.5 Å². The molecule has 0 aliphatic carbocycles. The molecule has 2 aromatic heterocycles. The minimum absolute atomic E-state index is 0.0944. The summed E-state index contributed by atoms with van der Waals surface area (Å²) in [6, 6.07) is -0.405. The maximum atomic E-state index is 11.2. The number of aliphatic hydroxyl groups is 1. The fraction of sp³-hybridized carbons (Fsp3) is 0.545. The van der Waals surface area contributed by atoms with Gasteiger partial charge in [-0.05, 0) is 6.42 Å². The largest absolute Gasteiger partial charge is 0.395 e. The van der Waals surface area contributed by atoms with Crippen molar-refractivity contribution in [3.8, 4) is 0 Å². The number of hydrogen-bond acceptors (Lipinski definition) is 7. The number of nitrogens with zero attached hydrogens (tertiary/aromatic N) is 5. The zero-order chi connectivity index (χ0) is 15.9. The van der Waals surface area contributed by atoms with Crippen molar-refractivity contribution in [2.24, 2.45) is 0 Å². The van der Waals surface area contributed by atoms with Gasteiger partial charge < -0.3 is 25.2 Å². The summed E-state index contributed by atoms with van der Waals surface area (Å²) in [5, 5.41) is 9.44. The van der Waals surface area contributed by atoms with E-state index < -0.39 is 7.60 Å². The molecule has 5 N–H and O–H groups in total. The Bertz CT molecular complexity index is 730. The Balaban J connectivity index is 1.89. The number of likely N-dealkylation sites (tertiary alicyclic amines) is 1. The second-order valence-electron chi connectivity index (χ2n) is 5.39. The predicted octanol–water partition coefficient (Wildman–Crippen LogP) is -0.849. The molecule has 10 nitrogen and oxygen atoms in total. The molecule has 22 heavy (non-hydrogen) atoms. The number of fused-ring (bicyclic) bond motifs is 1. The summed E-state index contributed by atoms with van der Waals surface area (Å²) >= 11 is 0. The van der Waals surface area contributed by atoms with Gasteiger partial charge in [0.05, 0.1) is 19.0 Å². The van der Waals surface area contributed by atoms with E-state index in [4.69, 9.17) is 15.5 Å². The van der Waals surface area contributed by atoms with Crippen LogP contribution in [0.5, 0.6) is 0 Å². The summed E-state index contributed by atoms with van der Waals surface area (Å²) in [6.45, 7) is 0.228. The highest BCUT2D eigenvalue weighted by Crippen LogP contribution is 2.40. The van der Waals surface area contributed by atoms with E-state index >= 15 is 0 Å². The standard InChI is InChI=1S/C11H17N6O4P/c12-10-9-11(14-4-13-10)17(5-15-9)7-1-8(3-18)16(2-7)6-22(19,20)21/h4-5,7-8,18H,1-3,6H2,(H2,12,13,14)(H2,19,20,21)/t7-,8+/m1/s1. The fourth-order valence-electron chi connectivity index (χ4n) is 2.90. The van der Waals surface area contributed by atoms with Crippen molar-refractivity contribution in [1.82, 2.24) is 24.4 Å². The van der Waals surface area contributed by atoms with Crippen LogP contribution in [-0.4, -0.2) is 64.8 Å². The second kappa shape index (κ2) is 5.56. The first-order valence-corrected chi connectivity index (χ1v) is 8.51. The fourth-order valence-corrected chi connectivity index (χ4v) is 3.72. The van der Waals surface area contributed by atoms with E-state index in [1.54, 1.807) is 11.2 Å². The van der Waals surface area contributed by atoms with Crippen LogP contribution in [0.4, 0.5) is 5.82 Å². The lowest BCUT2D eigenvalue weighted by atomic mass is 10.2. The molecule has 2 atom stereocenters. The smallest absolute Gasteiger partial charge is 0.339 e. The van der Waals surface area contributed by atoms with Crippen molar-refractivity contribution in [1.29, 1.82) is 0 Å². The highest BCUT2D eigenvalue weighted by molar-refractivity contribution is 7.51. The number of anilines is 1. The number of aliphatic hydroxyl groups excluding tert-OH is 1. The van der Waals surface area contributed by atoms with Gasteiger partial charge in [0.2, 0.25) is 0 Å². The maximum Gasteiger partial charge on any atom is 0.339 e. The summed E-state index contributed by atoms with van der Waals surface area (Å²) in [7, 11) is -4.18. The van der Waals surface area contributed by atoms with Gasteiger partial charge in [-0.25, -0.2) is 15.0 Å². The third-order valence-corrected chi connectivity index (χ3v) is 4.59. The molecule has 0 radical (unpaired) electrons. The predicted molar refractivity (Wildman–Crippen MR) is 77.9 cm³/mol. The molecule has 3 heterocycles. The van der Waals surface area contributed by atoms with E-state index in [9.17, 15) is 9.67 Å². The third-order valence-electron chi connectivity index (χ3n) is 3.86. The monoisotopic (exact) mass is 328 g/mol. The highest BCUT2D eigenvalue weighted by Gasteiger charge is 2.36. The van der Waals surface area contributed by atoms with Crippen LogP contribution in [0.25, 0.3) is 11.2 Å². The normalized spacial score (nSPS) is 23.4. The van der Waals surface area contributed by atoms with Gasteiger partial charge in [0.15, 0.2) is 11.5 Å². The summed E-state index contributed by atoms with van der Waals surface area (Å²) in [5.41, 5.74) is 6.82. The Morgan fingerprint density at radius 2 is 2.14 bits per heavy atom. The molecule has 120 valence electrons. The molecule has 0 spiro atoms. The molecule has 0 aromatic carbocycles. The summed E-state index contributed by atoms with van der Waals surface area (Å²) < 4.78 is 13.0. The minimum atomic E-state index is -4.18. The Morgan fingerprint density at radius 3 is 2.82 bits per heavy atom. The summed E-state index contributed by atoms with van der Waals surface area (Å²) in [6.07, 6.45) is 3.11. The lowest BCUT2D eigenvalue weighted by molar-refractivity contribution is 0.168. The van der Waals surface area contributed by atoms with Gasteiger partial charge in [-0.2, -0.15) is 0 Å². The average molecular weight is 328 g/mol. The lowest BCUT2D eigenvalue weighted by Gasteiger charge is -2.22. The van der Waals surface area contributed by atoms with Gasteiger partial charge in [-0.1, -0.05) is 0 Å². The molecular weight excluding hydrogens is 311 g/mol. The molecule has 1 saturated heterocycles. The van der Waals surface area contributed by atoms with Gasteiger partial charge in [0, 0.05) is 12.6 Å². The first kappa shape index (κ1) is 15.3. The molecule has 3 rings (SSSR count). The van der Waals surface area contributed by atoms with E-state index in [0.717, 1.165) is 0 Å². The van der Waals surface area contributed by atoms with Gasteiger partial charge in [0.1, 0.15) is 18.1 Å². The molecule has 1 fully saturated rings. The van der Waals surface area contributed by atoms with Gasteiger partial charge in [-0.3, -0.25) is 9.46 Å². The quantitative estimate of drug-likeness (QED) is 0.526. The van der Waals surface area contributed by atoms with Crippen LogP contribution in [0.1, 0.15) is 12.5 Å². The van der Waals surface area contributed by atoms with Crippen LogP contribution in [0.3, 0.4) is 0 Å². The molecular formula is C11H17N6O4P. The van der Waals surface area contributed by atoms with E-state index in [2.05, 4.69) is 15.0 Å². The topological polar surface area (TPSA) is 151 Å². The molecule has 0 amide bonds. The molecule has 0 bridgehead atoms. The molecule has 2 aromatic rings. The van der Waals surface area contributed by atoms with Crippen LogP contribution in [0.2, 0.25) is 0 Å². The van der Waals surface area contributed by atoms with Crippen LogP contribution < -0.4 is 5.73 Å². The van der Waals surface area contributed by atoms with Crippen LogP contribution in [0, 0.1) is 0 Å². The maximum absolute atomic E-state index is 11.2. The number of hydrogen-bond donors (Lipinski definition) is 4.